The third kappa shape index (κ3) is 3.49. The summed E-state index contributed by atoms with van der Waals surface area (Å²) in [5.74, 6) is 0.218. The van der Waals surface area contributed by atoms with Gasteiger partial charge >= 0.3 is 0 Å². The quantitative estimate of drug-likeness (QED) is 0.629. The summed E-state index contributed by atoms with van der Waals surface area (Å²) in [5, 5.41) is -0.138. The van der Waals surface area contributed by atoms with Crippen molar-refractivity contribution in [3.05, 3.63) is 83.2 Å². The van der Waals surface area contributed by atoms with E-state index in [1.54, 1.807) is 23.9 Å². The van der Waals surface area contributed by atoms with Crippen molar-refractivity contribution in [1.29, 1.82) is 0 Å². The Balaban J connectivity index is 1.70. The fourth-order valence-corrected chi connectivity index (χ4v) is 4.90. The van der Waals surface area contributed by atoms with Crippen LogP contribution in [0, 0.1) is 12.7 Å². The first kappa shape index (κ1) is 18.1. The molecule has 1 aliphatic carbocycles. The summed E-state index contributed by atoms with van der Waals surface area (Å²) < 4.78 is 13.3. The Morgan fingerprint density at radius 1 is 1.19 bits per heavy atom. The Bertz CT molecular complexity index is 978. The highest BCUT2D eigenvalue weighted by molar-refractivity contribution is 8.00. The Morgan fingerprint density at radius 2 is 1.96 bits per heavy atom. The third-order valence-electron chi connectivity index (χ3n) is 4.79. The summed E-state index contributed by atoms with van der Waals surface area (Å²) in [4.78, 5) is 15.4. The van der Waals surface area contributed by atoms with Crippen molar-refractivity contribution in [3.63, 3.8) is 0 Å². The molecule has 136 valence electrons. The van der Waals surface area contributed by atoms with Gasteiger partial charge in [-0.15, -0.1) is 11.8 Å². The summed E-state index contributed by atoms with van der Waals surface area (Å²) >= 11 is 7.05. The molecule has 1 heterocycles. The monoisotopic (exact) mass is 395 g/mol. The highest BCUT2D eigenvalue weighted by Gasteiger charge is 2.34. The molecule has 2 nitrogen and oxygen atoms in total. The van der Waals surface area contributed by atoms with Crippen LogP contribution in [0.2, 0.25) is 0 Å². The molecule has 2 aromatic rings. The van der Waals surface area contributed by atoms with Crippen LogP contribution in [0.4, 0.5) is 10.1 Å². The lowest BCUT2D eigenvalue weighted by Gasteiger charge is -2.26. The summed E-state index contributed by atoms with van der Waals surface area (Å²) in [6.45, 7) is 2.01. The fraction of sp³-hybridized carbons (Fsp3) is 0.182. The summed E-state index contributed by atoms with van der Waals surface area (Å²) in [7, 11) is 0. The first-order valence-corrected chi connectivity index (χ1v) is 10.2. The van der Waals surface area contributed by atoms with Gasteiger partial charge in [-0.1, -0.05) is 48.6 Å². The van der Waals surface area contributed by atoms with Gasteiger partial charge in [0.15, 0.2) is 0 Å². The molecule has 1 atom stereocenters. The number of hydrogen-bond acceptors (Lipinski definition) is 3. The van der Waals surface area contributed by atoms with Crippen LogP contribution in [0.3, 0.4) is 0 Å². The normalized spacial score (nSPS) is 19.6. The SMILES string of the molecule is Cc1cc(C2=CC=CCC2=S)ccc1N1C(=O)CSC1c1ccc(F)cc1. The molecule has 27 heavy (non-hydrogen) atoms. The van der Waals surface area contributed by atoms with Gasteiger partial charge in [-0.25, -0.2) is 4.39 Å². The van der Waals surface area contributed by atoms with E-state index in [1.807, 2.05) is 36.1 Å². The number of thiocarbonyl (C=S) groups is 1. The van der Waals surface area contributed by atoms with E-state index in [1.165, 1.54) is 12.1 Å². The number of allylic oxidation sites excluding steroid dienone is 4. The summed E-state index contributed by atoms with van der Waals surface area (Å²) in [6, 6.07) is 12.5. The van der Waals surface area contributed by atoms with Crippen molar-refractivity contribution >= 4 is 46.0 Å². The van der Waals surface area contributed by atoms with Crippen molar-refractivity contribution in [2.45, 2.75) is 18.7 Å². The Hall–Kier alpha value is -2.24. The van der Waals surface area contributed by atoms with Crippen LogP contribution in [-0.2, 0) is 4.79 Å². The zero-order chi connectivity index (χ0) is 19.0. The second-order valence-electron chi connectivity index (χ2n) is 6.62. The maximum Gasteiger partial charge on any atom is 0.238 e. The lowest BCUT2D eigenvalue weighted by Crippen LogP contribution is -2.28. The maximum absolute atomic E-state index is 13.3. The van der Waals surface area contributed by atoms with E-state index in [4.69, 9.17) is 12.2 Å². The lowest BCUT2D eigenvalue weighted by atomic mass is 9.95. The topological polar surface area (TPSA) is 20.3 Å². The first-order valence-electron chi connectivity index (χ1n) is 8.75. The number of thioether (sulfide) groups is 1. The van der Waals surface area contributed by atoms with Crippen LogP contribution in [0.1, 0.15) is 28.5 Å². The van der Waals surface area contributed by atoms with E-state index in [9.17, 15) is 9.18 Å². The number of anilines is 1. The average Bonchev–Trinajstić information content (AvgIpc) is 3.04. The smallest absolute Gasteiger partial charge is 0.238 e. The predicted octanol–water partition coefficient (Wildman–Crippen LogP) is 5.63. The van der Waals surface area contributed by atoms with E-state index in [2.05, 4.69) is 12.1 Å². The zero-order valence-corrected chi connectivity index (χ0v) is 16.4. The average molecular weight is 396 g/mol. The maximum atomic E-state index is 13.3. The molecule has 1 fully saturated rings. The van der Waals surface area contributed by atoms with Crippen LogP contribution in [0.5, 0.6) is 0 Å². The van der Waals surface area contributed by atoms with Crippen LogP contribution < -0.4 is 4.90 Å². The minimum absolute atomic E-state index is 0.0699. The molecular weight excluding hydrogens is 377 g/mol. The molecule has 5 heteroatoms. The van der Waals surface area contributed by atoms with E-state index in [0.29, 0.717) is 5.75 Å². The molecule has 0 saturated carbocycles. The standard InChI is InChI=1S/C22H18FNOS2/c1-14-12-16(18-4-2-3-5-20(18)26)8-11-19(14)24-21(25)13-27-22(24)15-6-9-17(23)10-7-15/h2-4,6-12,22H,5,13H2,1H3. The molecule has 4 rings (SSSR count). The molecule has 1 unspecified atom stereocenters. The highest BCUT2D eigenvalue weighted by Crippen LogP contribution is 2.43. The van der Waals surface area contributed by atoms with E-state index in [-0.39, 0.29) is 17.1 Å². The number of halogens is 1. The van der Waals surface area contributed by atoms with Crippen LogP contribution in [0.25, 0.3) is 5.57 Å². The van der Waals surface area contributed by atoms with Crippen molar-refractivity contribution in [3.8, 4) is 0 Å². The van der Waals surface area contributed by atoms with Crippen molar-refractivity contribution in [1.82, 2.24) is 0 Å². The predicted molar refractivity (Wildman–Crippen MR) is 115 cm³/mol. The van der Waals surface area contributed by atoms with Crippen LogP contribution in [-0.4, -0.2) is 16.5 Å². The van der Waals surface area contributed by atoms with Gasteiger partial charge in [-0.05, 0) is 53.5 Å². The van der Waals surface area contributed by atoms with Gasteiger partial charge in [0.05, 0.1) is 5.75 Å². The van der Waals surface area contributed by atoms with Crippen molar-refractivity contribution in [2.75, 3.05) is 10.7 Å². The molecule has 2 aromatic carbocycles. The van der Waals surface area contributed by atoms with Gasteiger partial charge in [0.1, 0.15) is 11.2 Å². The summed E-state index contributed by atoms with van der Waals surface area (Å²) in [6.07, 6.45) is 6.91. The molecule has 1 saturated heterocycles. The Morgan fingerprint density at radius 3 is 2.67 bits per heavy atom. The highest BCUT2D eigenvalue weighted by atomic mass is 32.2. The Labute approximate surface area is 167 Å². The molecule has 0 N–H and O–H groups in total. The van der Waals surface area contributed by atoms with E-state index >= 15 is 0 Å². The number of aryl methyl sites for hydroxylation is 1. The molecule has 0 aromatic heterocycles. The second-order valence-corrected chi connectivity index (χ2v) is 8.18. The minimum atomic E-state index is -0.272. The third-order valence-corrected chi connectivity index (χ3v) is 6.39. The largest absolute Gasteiger partial charge is 0.295 e. The van der Waals surface area contributed by atoms with Gasteiger partial charge in [-0.3, -0.25) is 9.69 Å². The molecule has 0 radical (unpaired) electrons. The number of amides is 1. The summed E-state index contributed by atoms with van der Waals surface area (Å²) in [5.41, 5.74) is 4.98. The number of rotatable bonds is 3. The molecular formula is C22H18FNOS2. The molecule has 1 aliphatic heterocycles. The minimum Gasteiger partial charge on any atom is -0.295 e. The molecule has 0 spiro atoms. The molecule has 1 amide bonds. The second kappa shape index (κ2) is 7.41. The lowest BCUT2D eigenvalue weighted by molar-refractivity contribution is -0.115. The van der Waals surface area contributed by atoms with Crippen molar-refractivity contribution < 1.29 is 9.18 Å². The number of hydrogen-bond donors (Lipinski definition) is 0. The van der Waals surface area contributed by atoms with Gasteiger partial charge in [0.2, 0.25) is 5.91 Å². The Kier molecular flexibility index (Phi) is 4.98. The zero-order valence-electron chi connectivity index (χ0n) is 14.8. The van der Waals surface area contributed by atoms with Crippen molar-refractivity contribution in [2.24, 2.45) is 0 Å². The first-order chi connectivity index (χ1) is 13.0. The molecule has 2 aliphatic rings. The van der Waals surface area contributed by atoms with E-state index < -0.39 is 0 Å². The van der Waals surface area contributed by atoms with Gasteiger partial charge in [0.25, 0.3) is 0 Å². The fourth-order valence-electron chi connectivity index (χ4n) is 3.45. The van der Waals surface area contributed by atoms with Gasteiger partial charge < -0.3 is 0 Å². The number of carbonyl (C=O) groups excluding carboxylic acids is 1. The van der Waals surface area contributed by atoms with Crippen LogP contribution in [0.15, 0.2) is 60.7 Å². The van der Waals surface area contributed by atoms with E-state index in [0.717, 1.165) is 39.2 Å². The number of nitrogens with zero attached hydrogens (tertiary/aromatic N) is 1. The number of carbonyl (C=O) groups is 1. The van der Waals surface area contributed by atoms with Gasteiger partial charge in [0, 0.05) is 17.0 Å². The van der Waals surface area contributed by atoms with Gasteiger partial charge in [-0.2, -0.15) is 0 Å². The molecule has 0 bridgehead atoms. The van der Waals surface area contributed by atoms with Crippen LogP contribution >= 0.6 is 24.0 Å². The number of benzene rings is 2.